The topological polar surface area (TPSA) is 364 Å². The fourth-order valence-electron chi connectivity index (χ4n) is 12.2. The highest BCUT2D eigenvalue weighted by atomic mass is 16.6. The summed E-state index contributed by atoms with van der Waals surface area (Å²) in [5.41, 5.74) is 1.61. The molecule has 0 saturated carbocycles. The molecule has 0 bridgehead atoms. The number of nitrogens with zero attached hydrogens (tertiary/aromatic N) is 1. The van der Waals surface area contributed by atoms with E-state index in [1.54, 1.807) is 31.2 Å². The first kappa shape index (κ1) is 75.9. The van der Waals surface area contributed by atoms with Gasteiger partial charge in [0.2, 0.25) is 17.7 Å². The molecular formula is C65H90N2O24. The largest absolute Gasteiger partial charge is 0.490 e. The lowest BCUT2D eigenvalue weighted by Crippen LogP contribution is -2.49. The van der Waals surface area contributed by atoms with Gasteiger partial charge in [0.25, 0.3) is 0 Å². The number of aryl methyl sites for hydroxylation is 1. The second-order valence-electron chi connectivity index (χ2n) is 22.8. The molecule has 2 aliphatic rings. The van der Waals surface area contributed by atoms with Gasteiger partial charge in [-0.1, -0.05) is 70.4 Å². The van der Waals surface area contributed by atoms with Crippen LogP contribution in [0.5, 0.6) is 5.75 Å². The zero-order valence-corrected chi connectivity index (χ0v) is 53.7. The van der Waals surface area contributed by atoms with Gasteiger partial charge in [0.15, 0.2) is 11.6 Å². The van der Waals surface area contributed by atoms with Crippen LogP contribution in [0.4, 0.5) is 0 Å². The van der Waals surface area contributed by atoms with Gasteiger partial charge in [-0.2, -0.15) is 0 Å². The number of Topliss-reactive ketones (excluding diaryl/α,β-unsaturated/α-hetero) is 2. The number of nitrogens with one attached hydrogen (secondary N) is 1. The maximum Gasteiger partial charge on any atom is 0.320 e. The Morgan fingerprint density at radius 3 is 1.57 bits per heavy atom. The Hall–Kier alpha value is -7.52. The number of carbonyl (C=O) groups is 12. The predicted octanol–water partition coefficient (Wildman–Crippen LogP) is 5.59. The number of rotatable bonds is 43. The monoisotopic (exact) mass is 1280 g/mol. The molecule has 2 aromatic carbocycles. The molecule has 26 heteroatoms. The van der Waals surface area contributed by atoms with Gasteiger partial charge in [-0.15, -0.1) is 0 Å². The zero-order valence-electron chi connectivity index (χ0n) is 53.7. The van der Waals surface area contributed by atoms with E-state index in [2.05, 4.69) is 5.32 Å². The number of esters is 4. The Kier molecular flexibility index (Phi) is 31.0. The second kappa shape index (κ2) is 37.1. The number of hydrogen-bond acceptors (Lipinski definition) is 21. The first-order chi connectivity index (χ1) is 43.3. The molecule has 15 unspecified atom stereocenters. The van der Waals surface area contributed by atoms with Crippen molar-refractivity contribution >= 4 is 71.1 Å². The lowest BCUT2D eigenvalue weighted by molar-refractivity contribution is -0.172. The average Bonchev–Trinajstić information content (AvgIpc) is 1.76. The van der Waals surface area contributed by atoms with E-state index in [0.29, 0.717) is 31.2 Å². The van der Waals surface area contributed by atoms with E-state index < -0.39 is 187 Å². The van der Waals surface area contributed by atoms with Crippen molar-refractivity contribution < 1.29 is 115 Å². The quantitative estimate of drug-likeness (QED) is 0.0157. The number of carboxylic acid groups (broad SMARTS) is 3. The van der Waals surface area contributed by atoms with Gasteiger partial charge in [-0.25, -0.2) is 0 Å². The van der Waals surface area contributed by atoms with E-state index in [4.69, 9.17) is 42.6 Å². The van der Waals surface area contributed by atoms with Gasteiger partial charge >= 0.3 is 41.8 Å². The summed E-state index contributed by atoms with van der Waals surface area (Å²) in [7, 11) is 5.84. The maximum absolute atomic E-state index is 14.9. The van der Waals surface area contributed by atoms with Crippen molar-refractivity contribution in [2.45, 2.75) is 136 Å². The number of hydrogen-bond donors (Lipinski definition) is 4. The zero-order chi connectivity index (χ0) is 67.8. The summed E-state index contributed by atoms with van der Waals surface area (Å²) in [6, 6.07) is 12.7. The Labute approximate surface area is 529 Å². The molecule has 0 aromatic heterocycles. The molecular weight excluding hydrogens is 1190 g/mol. The number of likely N-dealkylation sites (tertiary alicyclic amines) is 1. The van der Waals surface area contributed by atoms with Crippen LogP contribution >= 0.6 is 0 Å². The number of imide groups is 1. The van der Waals surface area contributed by atoms with Crippen molar-refractivity contribution in [1.82, 2.24) is 10.2 Å². The number of cyclic esters (lactones) is 2. The molecule has 0 radical (unpaired) electrons. The fourth-order valence-corrected chi connectivity index (χ4v) is 12.2. The van der Waals surface area contributed by atoms with Crippen LogP contribution in [0, 0.1) is 66.1 Å². The molecule has 3 amide bonds. The highest BCUT2D eigenvalue weighted by Gasteiger charge is 2.56. The SMILES string of the molecule is CCCCNC(=O)C(C(CC1C(=O)N(CCCC)C(=O)C1C(CC(C(=O)O)C(C(=O)OCC)C(CC(C(=O)O)C(C(=O)OCCOc1ccc(C(=O)CC(=O)c2ccc(C)cc2)cc1)C(CC)OC)OC)OC)OC)C(CC(OC)C1C(=O)OC(=O)C1C)C(=O)O. The van der Waals surface area contributed by atoms with Crippen molar-refractivity contribution in [3.05, 3.63) is 65.2 Å². The smallest absolute Gasteiger partial charge is 0.320 e. The Balaban J connectivity index is 1.69. The third-order valence-corrected chi connectivity index (χ3v) is 17.2. The number of aliphatic carboxylic acids is 3. The van der Waals surface area contributed by atoms with Crippen molar-refractivity contribution in [2.75, 3.05) is 68.5 Å². The van der Waals surface area contributed by atoms with E-state index in [9.17, 15) is 72.9 Å². The van der Waals surface area contributed by atoms with Crippen LogP contribution in [-0.2, 0) is 85.8 Å². The molecule has 15 atom stereocenters. The van der Waals surface area contributed by atoms with Crippen LogP contribution in [0.3, 0.4) is 0 Å². The minimum atomic E-state index is -1.95. The summed E-state index contributed by atoms with van der Waals surface area (Å²) in [6.07, 6.45) is -8.09. The van der Waals surface area contributed by atoms with E-state index in [1.807, 2.05) is 20.8 Å². The number of carboxylic acids is 3. The number of benzene rings is 2. The maximum atomic E-state index is 14.9. The van der Waals surface area contributed by atoms with Gasteiger partial charge in [-0.3, -0.25) is 62.4 Å². The van der Waals surface area contributed by atoms with Crippen molar-refractivity contribution in [2.24, 2.45) is 59.2 Å². The van der Waals surface area contributed by atoms with Gasteiger partial charge in [0, 0.05) is 59.8 Å². The molecule has 2 aliphatic heterocycles. The number of methoxy groups -OCH3 is 5. The number of unbranched alkanes of at least 4 members (excludes halogenated alkanes) is 2. The van der Waals surface area contributed by atoms with Gasteiger partial charge < -0.3 is 63.3 Å². The lowest BCUT2D eigenvalue weighted by Gasteiger charge is -2.36. The first-order valence-corrected chi connectivity index (χ1v) is 30.7. The van der Waals surface area contributed by atoms with Crippen LogP contribution in [0.2, 0.25) is 0 Å². The normalized spacial score (nSPS) is 20.2. The van der Waals surface area contributed by atoms with Gasteiger partial charge in [-0.05, 0) is 83.1 Å². The molecule has 2 aromatic rings. The number of carbonyl (C=O) groups excluding carboxylic acids is 9. The molecule has 4 rings (SSSR count). The van der Waals surface area contributed by atoms with Gasteiger partial charge in [0.1, 0.15) is 19.0 Å². The summed E-state index contributed by atoms with van der Waals surface area (Å²) < 4.78 is 50.6. The van der Waals surface area contributed by atoms with Crippen LogP contribution < -0.4 is 10.1 Å². The minimum absolute atomic E-state index is 0.0617. The standard InChI is InChI=1S/C65H90N2O24/c1-12-16-26-66-56(70)52(41(59(73)74)31-47(84-8)51-36(6)62(79)91-65(51)82)48(85-9)30-40-53(58(72)67(57(40)71)27-17-13-2)49(86-10)32-43(61(77)78)55(63(80)88-15-4)50(87-11)33-42(60(75)76)54(46(14-3)83-7)64(81)90-29-28-89-39-24-22-38(23-25-39)45(69)34-44(68)37-20-18-35(5)19-21-37/h18-25,36,40-43,46-55H,12-17,26-34H2,1-11H3,(H,66,70)(H,73,74)(H,75,76)(H,77,78). The summed E-state index contributed by atoms with van der Waals surface area (Å²) in [5.74, 6) is -27.8. The minimum Gasteiger partial charge on any atom is -0.490 e. The van der Waals surface area contributed by atoms with E-state index >= 15 is 0 Å². The molecule has 4 N–H and O–H groups in total. The summed E-state index contributed by atoms with van der Waals surface area (Å²) in [6.45, 7) is 9.03. The summed E-state index contributed by atoms with van der Waals surface area (Å²) >= 11 is 0. The molecule has 0 aliphatic carbocycles. The van der Waals surface area contributed by atoms with Crippen LogP contribution in [0.25, 0.3) is 0 Å². The van der Waals surface area contributed by atoms with Crippen LogP contribution in [0.15, 0.2) is 48.5 Å². The van der Waals surface area contributed by atoms with Crippen LogP contribution in [0.1, 0.15) is 125 Å². The Bertz CT molecular complexity index is 2820. The van der Waals surface area contributed by atoms with Crippen molar-refractivity contribution in [1.29, 1.82) is 0 Å². The molecule has 2 heterocycles. The first-order valence-electron chi connectivity index (χ1n) is 30.7. The molecule has 91 heavy (non-hydrogen) atoms. The number of ether oxygens (including phenoxy) is 9. The number of amides is 3. The van der Waals surface area contributed by atoms with Crippen molar-refractivity contribution in [3.8, 4) is 5.75 Å². The molecule has 504 valence electrons. The lowest BCUT2D eigenvalue weighted by atomic mass is 9.73. The summed E-state index contributed by atoms with van der Waals surface area (Å²) in [5, 5.41) is 35.8. The van der Waals surface area contributed by atoms with E-state index in [-0.39, 0.29) is 56.2 Å². The van der Waals surface area contributed by atoms with Gasteiger partial charge in [0.05, 0.1) is 103 Å². The highest BCUT2D eigenvalue weighted by molar-refractivity contribution is 6.13. The van der Waals surface area contributed by atoms with E-state index in [1.165, 1.54) is 59.4 Å². The molecule has 2 fully saturated rings. The summed E-state index contributed by atoms with van der Waals surface area (Å²) in [4.78, 5) is 165. The Morgan fingerprint density at radius 1 is 0.582 bits per heavy atom. The fraction of sp³-hybridized carbons (Fsp3) is 0.631. The van der Waals surface area contributed by atoms with Crippen LogP contribution in [-0.4, -0.2) is 190 Å². The average molecular weight is 1280 g/mol. The highest BCUT2D eigenvalue weighted by Crippen LogP contribution is 2.42. The third-order valence-electron chi connectivity index (χ3n) is 17.2. The predicted molar refractivity (Wildman–Crippen MR) is 321 cm³/mol. The van der Waals surface area contributed by atoms with E-state index in [0.717, 1.165) is 24.7 Å². The van der Waals surface area contributed by atoms with Crippen molar-refractivity contribution in [3.63, 3.8) is 0 Å². The molecule has 26 nitrogen and oxygen atoms in total. The third kappa shape index (κ3) is 20.0. The molecule has 0 spiro atoms. The second-order valence-corrected chi connectivity index (χ2v) is 22.8. The Morgan fingerprint density at radius 2 is 1.09 bits per heavy atom. The number of ketones is 2. The molecule has 2 saturated heterocycles.